The van der Waals surface area contributed by atoms with Gasteiger partial charge >= 0.3 is 6.18 Å². The van der Waals surface area contributed by atoms with Crippen molar-refractivity contribution >= 4 is 35.6 Å². The molecule has 0 aliphatic rings. The highest BCUT2D eigenvalue weighted by atomic mass is 127. The van der Waals surface area contributed by atoms with Crippen LogP contribution in [0.3, 0.4) is 0 Å². The summed E-state index contributed by atoms with van der Waals surface area (Å²) in [6.07, 6.45) is -2.97. The van der Waals surface area contributed by atoms with Crippen LogP contribution in [-0.4, -0.2) is 44.0 Å². The number of rotatable bonds is 9. The van der Waals surface area contributed by atoms with Crippen molar-refractivity contribution in [3.63, 3.8) is 0 Å². The number of guanidine groups is 1. The van der Waals surface area contributed by atoms with E-state index >= 15 is 0 Å². The number of anilines is 1. The summed E-state index contributed by atoms with van der Waals surface area (Å²) in [5, 5.41) is 6.31. The monoisotopic (exact) mass is 554 g/mol. The molecular formula is C20H26F3IN4O3. The van der Waals surface area contributed by atoms with Crippen molar-refractivity contribution < 1.29 is 27.4 Å². The van der Waals surface area contributed by atoms with Gasteiger partial charge in [0.15, 0.2) is 24.1 Å². The van der Waals surface area contributed by atoms with E-state index in [0.717, 1.165) is 11.3 Å². The van der Waals surface area contributed by atoms with Gasteiger partial charge in [-0.1, -0.05) is 6.07 Å². The molecule has 0 bridgehead atoms. The molecule has 1 heterocycles. The summed E-state index contributed by atoms with van der Waals surface area (Å²) in [5.74, 6) is 1.68. The van der Waals surface area contributed by atoms with Gasteiger partial charge in [-0.25, -0.2) is 9.98 Å². The smallest absolute Gasteiger partial charge is 0.422 e. The fourth-order valence-corrected chi connectivity index (χ4v) is 2.38. The standard InChI is InChI=1S/C20H25F3N4O3.HI/c1-4-24-19(27-15-7-8-16(28-3)17(10-15)29-5-2)26-12-14-6-9-18(25-11-14)30-13-20(21,22)23;/h6-11H,4-5,12-13H2,1-3H3,(H2,24,26,27);1H. The normalized spacial score (nSPS) is 11.4. The van der Waals surface area contributed by atoms with Crippen molar-refractivity contribution in [2.24, 2.45) is 4.99 Å². The molecule has 11 heteroatoms. The molecule has 31 heavy (non-hydrogen) atoms. The van der Waals surface area contributed by atoms with E-state index < -0.39 is 12.8 Å². The number of nitrogens with one attached hydrogen (secondary N) is 2. The SMILES string of the molecule is CCNC(=NCc1ccc(OCC(F)(F)F)nc1)Nc1ccc(OC)c(OCC)c1.I. The van der Waals surface area contributed by atoms with E-state index in [1.54, 1.807) is 19.2 Å². The zero-order valence-corrected chi connectivity index (χ0v) is 19.8. The second-order valence-electron chi connectivity index (χ2n) is 6.03. The first kappa shape index (κ1) is 26.6. The van der Waals surface area contributed by atoms with Gasteiger partial charge < -0.3 is 24.8 Å². The van der Waals surface area contributed by atoms with E-state index in [9.17, 15) is 13.2 Å². The van der Waals surface area contributed by atoms with Gasteiger partial charge in [-0.3, -0.25) is 0 Å². The maximum Gasteiger partial charge on any atom is 0.422 e. The van der Waals surface area contributed by atoms with E-state index in [4.69, 9.17) is 9.47 Å². The molecule has 0 unspecified atom stereocenters. The van der Waals surface area contributed by atoms with E-state index in [1.807, 2.05) is 26.0 Å². The fourth-order valence-electron chi connectivity index (χ4n) is 2.38. The molecule has 0 aliphatic carbocycles. The number of methoxy groups -OCH3 is 1. The molecule has 7 nitrogen and oxygen atoms in total. The topological polar surface area (TPSA) is 77.0 Å². The Bertz CT molecular complexity index is 833. The molecule has 172 valence electrons. The maximum atomic E-state index is 12.2. The molecule has 2 aromatic rings. The maximum absolute atomic E-state index is 12.2. The minimum atomic E-state index is -4.40. The molecule has 0 aliphatic heterocycles. The summed E-state index contributed by atoms with van der Waals surface area (Å²) in [4.78, 5) is 8.35. The fraction of sp³-hybridized carbons (Fsp3) is 0.400. The third-order valence-electron chi connectivity index (χ3n) is 3.67. The Hall–Kier alpha value is -2.44. The van der Waals surface area contributed by atoms with Gasteiger partial charge in [-0.15, -0.1) is 24.0 Å². The van der Waals surface area contributed by atoms with Gasteiger partial charge in [0.2, 0.25) is 5.88 Å². The average Bonchev–Trinajstić information content (AvgIpc) is 2.71. The van der Waals surface area contributed by atoms with E-state index in [-0.39, 0.29) is 36.4 Å². The lowest BCUT2D eigenvalue weighted by Crippen LogP contribution is -2.30. The molecule has 0 saturated carbocycles. The molecule has 0 saturated heterocycles. The Labute approximate surface area is 196 Å². The van der Waals surface area contributed by atoms with E-state index in [1.165, 1.54) is 12.3 Å². The van der Waals surface area contributed by atoms with E-state index in [2.05, 4.69) is 25.3 Å². The first-order valence-corrected chi connectivity index (χ1v) is 9.35. The predicted octanol–water partition coefficient (Wildman–Crippen LogP) is 4.63. The summed E-state index contributed by atoms with van der Waals surface area (Å²) in [5.41, 5.74) is 1.48. The van der Waals surface area contributed by atoms with Crippen molar-refractivity contribution in [3.8, 4) is 17.4 Å². The number of ether oxygens (including phenoxy) is 3. The van der Waals surface area contributed by atoms with Crippen LogP contribution in [0.5, 0.6) is 17.4 Å². The number of halogens is 4. The van der Waals surface area contributed by atoms with Gasteiger partial charge in [-0.2, -0.15) is 13.2 Å². The Morgan fingerprint density at radius 1 is 1.10 bits per heavy atom. The van der Waals surface area contributed by atoms with Crippen LogP contribution in [0.1, 0.15) is 19.4 Å². The van der Waals surface area contributed by atoms with Crippen LogP contribution in [0.2, 0.25) is 0 Å². The summed E-state index contributed by atoms with van der Waals surface area (Å²) >= 11 is 0. The minimum absolute atomic E-state index is 0. The van der Waals surface area contributed by atoms with Crippen molar-refractivity contribution in [1.82, 2.24) is 10.3 Å². The lowest BCUT2D eigenvalue weighted by atomic mass is 10.2. The van der Waals surface area contributed by atoms with Crippen LogP contribution in [-0.2, 0) is 6.54 Å². The van der Waals surface area contributed by atoms with Crippen LogP contribution in [0.15, 0.2) is 41.5 Å². The van der Waals surface area contributed by atoms with Crippen LogP contribution in [0.25, 0.3) is 0 Å². The Morgan fingerprint density at radius 2 is 1.87 bits per heavy atom. The number of aliphatic imine (C=N–C) groups is 1. The van der Waals surface area contributed by atoms with Crippen molar-refractivity contribution in [2.75, 3.05) is 32.2 Å². The van der Waals surface area contributed by atoms with Gasteiger partial charge in [0.05, 0.1) is 20.3 Å². The highest BCUT2D eigenvalue weighted by Crippen LogP contribution is 2.30. The largest absolute Gasteiger partial charge is 0.493 e. The number of benzene rings is 1. The van der Waals surface area contributed by atoms with E-state index in [0.29, 0.717) is 30.6 Å². The Balaban J connectivity index is 0.00000480. The van der Waals surface area contributed by atoms with Crippen molar-refractivity contribution in [2.45, 2.75) is 26.6 Å². The Kier molecular flexibility index (Phi) is 11.2. The van der Waals surface area contributed by atoms with Gasteiger partial charge in [0, 0.05) is 30.6 Å². The van der Waals surface area contributed by atoms with Crippen molar-refractivity contribution in [3.05, 3.63) is 42.1 Å². The molecule has 0 spiro atoms. The highest BCUT2D eigenvalue weighted by Gasteiger charge is 2.28. The minimum Gasteiger partial charge on any atom is -0.493 e. The number of aromatic nitrogens is 1. The van der Waals surface area contributed by atoms with Crippen LogP contribution in [0, 0.1) is 0 Å². The molecular weight excluding hydrogens is 528 g/mol. The number of pyridine rings is 1. The highest BCUT2D eigenvalue weighted by molar-refractivity contribution is 14.0. The van der Waals surface area contributed by atoms with Crippen LogP contribution in [0.4, 0.5) is 18.9 Å². The first-order chi connectivity index (χ1) is 14.3. The third-order valence-corrected chi connectivity index (χ3v) is 3.67. The zero-order chi connectivity index (χ0) is 22.0. The molecule has 0 atom stereocenters. The number of nitrogens with zero attached hydrogens (tertiary/aromatic N) is 2. The lowest BCUT2D eigenvalue weighted by Gasteiger charge is -2.14. The summed E-state index contributed by atoms with van der Waals surface area (Å²) in [7, 11) is 1.57. The number of alkyl halides is 3. The summed E-state index contributed by atoms with van der Waals surface area (Å²) in [6.45, 7) is 3.87. The average molecular weight is 554 g/mol. The van der Waals surface area contributed by atoms with Gasteiger partial charge in [0.25, 0.3) is 0 Å². The lowest BCUT2D eigenvalue weighted by molar-refractivity contribution is -0.154. The third kappa shape index (κ3) is 9.49. The zero-order valence-electron chi connectivity index (χ0n) is 17.5. The van der Waals surface area contributed by atoms with Gasteiger partial charge in [0.1, 0.15) is 0 Å². The molecule has 0 radical (unpaired) electrons. The molecule has 1 aromatic carbocycles. The predicted molar refractivity (Wildman–Crippen MR) is 124 cm³/mol. The first-order valence-electron chi connectivity index (χ1n) is 9.35. The number of hydrogen-bond donors (Lipinski definition) is 2. The molecule has 2 rings (SSSR count). The Morgan fingerprint density at radius 3 is 2.45 bits per heavy atom. The number of hydrogen-bond acceptors (Lipinski definition) is 5. The second-order valence-corrected chi connectivity index (χ2v) is 6.03. The summed E-state index contributed by atoms with van der Waals surface area (Å²) < 4.78 is 52.0. The van der Waals surface area contributed by atoms with Crippen LogP contribution < -0.4 is 24.8 Å². The molecule has 0 fully saturated rings. The quantitative estimate of drug-likeness (QED) is 0.268. The second kappa shape index (κ2) is 13.1. The van der Waals surface area contributed by atoms with Crippen LogP contribution >= 0.6 is 24.0 Å². The van der Waals surface area contributed by atoms with Gasteiger partial charge in [-0.05, 0) is 31.5 Å². The molecule has 1 aromatic heterocycles. The van der Waals surface area contributed by atoms with Crippen molar-refractivity contribution in [1.29, 1.82) is 0 Å². The molecule has 0 amide bonds. The summed E-state index contributed by atoms with van der Waals surface area (Å²) in [6, 6.07) is 8.44. The molecule has 2 N–H and O–H groups in total.